The third-order valence-electron chi connectivity index (χ3n) is 4.10. The SMILES string of the molecule is CN(C)C(C)(C)CN1C(=O)CNC1c1ccc(F)cc1F. The third kappa shape index (κ3) is 3.22. The van der Waals surface area contributed by atoms with Crippen molar-refractivity contribution in [2.45, 2.75) is 25.6 Å². The molecule has 1 aromatic rings. The summed E-state index contributed by atoms with van der Waals surface area (Å²) in [5.74, 6) is -1.35. The average molecular weight is 297 g/mol. The van der Waals surface area contributed by atoms with Gasteiger partial charge in [-0.3, -0.25) is 10.1 Å². The van der Waals surface area contributed by atoms with Gasteiger partial charge in [0.25, 0.3) is 0 Å². The first-order chi connectivity index (χ1) is 9.72. The Balaban J connectivity index is 2.28. The predicted octanol–water partition coefficient (Wildman–Crippen LogP) is 1.74. The Labute approximate surface area is 123 Å². The van der Waals surface area contributed by atoms with E-state index in [1.54, 1.807) is 4.90 Å². The molecule has 1 amide bonds. The van der Waals surface area contributed by atoms with Gasteiger partial charge in [0, 0.05) is 23.7 Å². The number of benzene rings is 1. The predicted molar refractivity (Wildman–Crippen MR) is 76.6 cm³/mol. The first-order valence-corrected chi connectivity index (χ1v) is 6.87. The molecule has 21 heavy (non-hydrogen) atoms. The lowest BCUT2D eigenvalue weighted by Gasteiger charge is -2.38. The van der Waals surface area contributed by atoms with Crippen LogP contribution in [0.4, 0.5) is 8.78 Å². The monoisotopic (exact) mass is 297 g/mol. The number of hydrogen-bond acceptors (Lipinski definition) is 3. The van der Waals surface area contributed by atoms with Gasteiger partial charge in [-0.15, -0.1) is 0 Å². The van der Waals surface area contributed by atoms with Crippen LogP contribution in [-0.2, 0) is 4.79 Å². The van der Waals surface area contributed by atoms with Gasteiger partial charge in [0.05, 0.1) is 6.54 Å². The van der Waals surface area contributed by atoms with Gasteiger partial charge >= 0.3 is 0 Å². The van der Waals surface area contributed by atoms with Crippen molar-refractivity contribution in [3.05, 3.63) is 35.4 Å². The van der Waals surface area contributed by atoms with Crippen LogP contribution in [0.5, 0.6) is 0 Å². The van der Waals surface area contributed by atoms with Crippen LogP contribution in [0.15, 0.2) is 18.2 Å². The molecule has 1 N–H and O–H groups in total. The van der Waals surface area contributed by atoms with Crippen LogP contribution in [-0.4, -0.2) is 48.4 Å². The van der Waals surface area contributed by atoms with Crippen LogP contribution >= 0.6 is 0 Å². The molecule has 1 aliphatic heterocycles. The number of hydrogen-bond donors (Lipinski definition) is 1. The molecule has 1 aliphatic rings. The van der Waals surface area contributed by atoms with Gasteiger partial charge in [-0.1, -0.05) is 0 Å². The molecule has 0 bridgehead atoms. The molecule has 1 aromatic carbocycles. The van der Waals surface area contributed by atoms with Crippen LogP contribution in [0.1, 0.15) is 25.6 Å². The fourth-order valence-corrected chi connectivity index (χ4v) is 2.28. The number of likely N-dealkylation sites (N-methyl/N-ethyl adjacent to an activating group) is 1. The Morgan fingerprint density at radius 1 is 1.38 bits per heavy atom. The molecule has 2 rings (SSSR count). The fraction of sp³-hybridized carbons (Fsp3) is 0.533. The van der Waals surface area contributed by atoms with Crippen LogP contribution in [0.2, 0.25) is 0 Å². The number of nitrogens with one attached hydrogen (secondary N) is 1. The van der Waals surface area contributed by atoms with E-state index in [1.807, 2.05) is 32.8 Å². The minimum Gasteiger partial charge on any atom is -0.320 e. The summed E-state index contributed by atoms with van der Waals surface area (Å²) in [6.07, 6.45) is -0.558. The molecule has 1 atom stereocenters. The fourth-order valence-electron chi connectivity index (χ4n) is 2.28. The maximum absolute atomic E-state index is 14.0. The summed E-state index contributed by atoms with van der Waals surface area (Å²) in [4.78, 5) is 15.7. The summed E-state index contributed by atoms with van der Waals surface area (Å²) in [7, 11) is 3.86. The molecule has 0 aliphatic carbocycles. The Morgan fingerprint density at radius 2 is 2.05 bits per heavy atom. The van der Waals surface area contributed by atoms with Crippen molar-refractivity contribution in [1.82, 2.24) is 15.1 Å². The zero-order valence-corrected chi connectivity index (χ0v) is 12.8. The zero-order chi connectivity index (χ0) is 15.8. The van der Waals surface area contributed by atoms with E-state index < -0.39 is 17.8 Å². The number of rotatable bonds is 4. The Hall–Kier alpha value is -1.53. The number of amides is 1. The molecular weight excluding hydrogens is 276 g/mol. The summed E-state index contributed by atoms with van der Waals surface area (Å²) < 4.78 is 27.0. The quantitative estimate of drug-likeness (QED) is 0.919. The highest BCUT2D eigenvalue weighted by Crippen LogP contribution is 2.27. The lowest BCUT2D eigenvalue weighted by Crippen LogP contribution is -2.49. The Bertz CT molecular complexity index is 546. The number of nitrogens with zero attached hydrogens (tertiary/aromatic N) is 2. The van der Waals surface area contributed by atoms with Crippen LogP contribution in [0.3, 0.4) is 0 Å². The normalized spacial score (nSPS) is 19.7. The molecule has 6 heteroatoms. The molecule has 4 nitrogen and oxygen atoms in total. The maximum atomic E-state index is 14.0. The Morgan fingerprint density at radius 3 is 2.62 bits per heavy atom. The molecule has 0 radical (unpaired) electrons. The summed E-state index contributed by atoms with van der Waals surface area (Å²) in [6.45, 7) is 4.63. The maximum Gasteiger partial charge on any atom is 0.238 e. The van der Waals surface area contributed by atoms with E-state index in [2.05, 4.69) is 5.32 Å². The van der Waals surface area contributed by atoms with E-state index in [0.29, 0.717) is 6.54 Å². The molecule has 0 aromatic heterocycles. The molecule has 1 fully saturated rings. The van der Waals surface area contributed by atoms with E-state index in [-0.39, 0.29) is 23.6 Å². The summed E-state index contributed by atoms with van der Waals surface area (Å²) in [5, 5.41) is 2.99. The lowest BCUT2D eigenvalue weighted by molar-refractivity contribution is -0.129. The topological polar surface area (TPSA) is 35.6 Å². The standard InChI is InChI=1S/C15H21F2N3O/c1-15(2,19(3)4)9-20-13(21)8-18-14(20)11-6-5-10(16)7-12(11)17/h5-7,14,18H,8-9H2,1-4H3. The molecule has 0 saturated carbocycles. The zero-order valence-electron chi connectivity index (χ0n) is 12.8. The number of halogens is 2. The van der Waals surface area contributed by atoms with Gasteiger partial charge in [-0.2, -0.15) is 0 Å². The van der Waals surface area contributed by atoms with Crippen molar-refractivity contribution in [3.8, 4) is 0 Å². The number of carbonyl (C=O) groups excluding carboxylic acids is 1. The van der Waals surface area contributed by atoms with Crippen molar-refractivity contribution in [3.63, 3.8) is 0 Å². The molecule has 116 valence electrons. The second-order valence-electron chi connectivity index (χ2n) is 6.18. The van der Waals surface area contributed by atoms with Crippen molar-refractivity contribution >= 4 is 5.91 Å². The first kappa shape index (κ1) is 15.9. The minimum atomic E-state index is -0.644. The summed E-state index contributed by atoms with van der Waals surface area (Å²) >= 11 is 0. The van der Waals surface area contributed by atoms with Gasteiger partial charge < -0.3 is 9.80 Å². The van der Waals surface area contributed by atoms with Crippen molar-refractivity contribution < 1.29 is 13.6 Å². The molecule has 1 saturated heterocycles. The lowest BCUT2D eigenvalue weighted by atomic mass is 10.0. The van der Waals surface area contributed by atoms with Gasteiger partial charge in [0.2, 0.25) is 5.91 Å². The van der Waals surface area contributed by atoms with E-state index in [1.165, 1.54) is 12.1 Å². The van der Waals surface area contributed by atoms with Crippen LogP contribution in [0.25, 0.3) is 0 Å². The second-order valence-corrected chi connectivity index (χ2v) is 6.18. The minimum absolute atomic E-state index is 0.0846. The van der Waals surface area contributed by atoms with Crippen molar-refractivity contribution in [2.75, 3.05) is 27.2 Å². The highest BCUT2D eigenvalue weighted by atomic mass is 19.1. The molecular formula is C15H21F2N3O. The van der Waals surface area contributed by atoms with Gasteiger partial charge in [-0.05, 0) is 40.1 Å². The first-order valence-electron chi connectivity index (χ1n) is 6.87. The Kier molecular flexibility index (Phi) is 4.30. The van der Waals surface area contributed by atoms with Crippen LogP contribution < -0.4 is 5.32 Å². The highest BCUT2D eigenvalue weighted by molar-refractivity contribution is 5.81. The van der Waals surface area contributed by atoms with Gasteiger partial charge in [-0.25, -0.2) is 8.78 Å². The number of carbonyl (C=O) groups is 1. The van der Waals surface area contributed by atoms with Crippen LogP contribution in [0, 0.1) is 11.6 Å². The molecule has 1 heterocycles. The average Bonchev–Trinajstić information content (AvgIpc) is 2.71. The van der Waals surface area contributed by atoms with Gasteiger partial charge in [0.1, 0.15) is 17.8 Å². The molecule has 0 spiro atoms. The summed E-state index contributed by atoms with van der Waals surface area (Å²) in [5.41, 5.74) is 0.0352. The van der Waals surface area contributed by atoms with E-state index in [0.717, 1.165) is 6.07 Å². The summed E-state index contributed by atoms with van der Waals surface area (Å²) in [6, 6.07) is 3.43. The van der Waals surface area contributed by atoms with E-state index >= 15 is 0 Å². The van der Waals surface area contributed by atoms with E-state index in [4.69, 9.17) is 0 Å². The van der Waals surface area contributed by atoms with Gasteiger partial charge in [0.15, 0.2) is 0 Å². The highest BCUT2D eigenvalue weighted by Gasteiger charge is 2.37. The van der Waals surface area contributed by atoms with Crippen molar-refractivity contribution in [2.24, 2.45) is 0 Å². The largest absolute Gasteiger partial charge is 0.320 e. The van der Waals surface area contributed by atoms with Crippen molar-refractivity contribution in [1.29, 1.82) is 0 Å². The third-order valence-corrected chi connectivity index (χ3v) is 4.10. The molecule has 1 unspecified atom stereocenters. The van der Waals surface area contributed by atoms with E-state index in [9.17, 15) is 13.6 Å². The second kappa shape index (κ2) is 5.69. The smallest absolute Gasteiger partial charge is 0.238 e.